The summed E-state index contributed by atoms with van der Waals surface area (Å²) in [4.78, 5) is 14.5. The molecule has 1 unspecified atom stereocenters. The predicted molar refractivity (Wildman–Crippen MR) is 46.3 cm³/mol. The minimum absolute atomic E-state index is 0.136. The SMILES string of the molecule is [N-]=[N+]=NCCC1C=CCN1C(=O)O. The first-order chi connectivity index (χ1) is 6.25. The summed E-state index contributed by atoms with van der Waals surface area (Å²) >= 11 is 0. The van der Waals surface area contributed by atoms with E-state index in [2.05, 4.69) is 10.0 Å². The largest absolute Gasteiger partial charge is 0.465 e. The Morgan fingerprint density at radius 2 is 2.62 bits per heavy atom. The fraction of sp³-hybridized carbons (Fsp3) is 0.571. The maximum absolute atomic E-state index is 10.6. The van der Waals surface area contributed by atoms with Crippen LogP contribution in [0.15, 0.2) is 17.3 Å². The first-order valence-corrected chi connectivity index (χ1v) is 3.93. The van der Waals surface area contributed by atoms with E-state index in [-0.39, 0.29) is 6.04 Å². The van der Waals surface area contributed by atoms with E-state index in [0.29, 0.717) is 19.5 Å². The summed E-state index contributed by atoms with van der Waals surface area (Å²) in [6, 6.07) is -0.136. The first-order valence-electron chi connectivity index (χ1n) is 3.93. The lowest BCUT2D eigenvalue weighted by molar-refractivity contribution is 0.143. The normalized spacial score (nSPS) is 20.0. The van der Waals surface area contributed by atoms with Crippen molar-refractivity contribution in [1.82, 2.24) is 4.90 Å². The van der Waals surface area contributed by atoms with Gasteiger partial charge in [-0.2, -0.15) is 0 Å². The number of amides is 1. The highest BCUT2D eigenvalue weighted by Gasteiger charge is 2.22. The van der Waals surface area contributed by atoms with Crippen LogP contribution < -0.4 is 0 Å². The van der Waals surface area contributed by atoms with Crippen molar-refractivity contribution < 1.29 is 9.90 Å². The van der Waals surface area contributed by atoms with Crippen molar-refractivity contribution >= 4 is 6.09 Å². The summed E-state index contributed by atoms with van der Waals surface area (Å²) in [5, 5.41) is 12.1. The summed E-state index contributed by atoms with van der Waals surface area (Å²) in [6.07, 6.45) is 3.24. The number of carboxylic acid groups (broad SMARTS) is 1. The molecule has 1 N–H and O–H groups in total. The topological polar surface area (TPSA) is 89.3 Å². The van der Waals surface area contributed by atoms with E-state index in [1.165, 1.54) is 4.90 Å². The molecular formula is C7H10N4O2. The smallest absolute Gasteiger partial charge is 0.408 e. The zero-order chi connectivity index (χ0) is 9.68. The van der Waals surface area contributed by atoms with Gasteiger partial charge in [-0.25, -0.2) is 4.79 Å². The van der Waals surface area contributed by atoms with Crippen LogP contribution in [-0.4, -0.2) is 35.2 Å². The molecule has 0 aromatic heterocycles. The van der Waals surface area contributed by atoms with Crippen molar-refractivity contribution in [2.24, 2.45) is 5.11 Å². The van der Waals surface area contributed by atoms with Gasteiger partial charge in [0.1, 0.15) is 0 Å². The van der Waals surface area contributed by atoms with E-state index in [0.717, 1.165) is 0 Å². The fourth-order valence-electron chi connectivity index (χ4n) is 1.28. The Labute approximate surface area is 75.1 Å². The van der Waals surface area contributed by atoms with Gasteiger partial charge in [-0.3, -0.25) is 4.90 Å². The number of rotatable bonds is 3. The molecule has 1 aliphatic heterocycles. The predicted octanol–water partition coefficient (Wildman–Crippen LogP) is 1.61. The van der Waals surface area contributed by atoms with Crippen molar-refractivity contribution in [2.75, 3.05) is 13.1 Å². The van der Waals surface area contributed by atoms with E-state index in [9.17, 15) is 4.79 Å². The molecule has 0 radical (unpaired) electrons. The highest BCUT2D eigenvalue weighted by Crippen LogP contribution is 2.13. The van der Waals surface area contributed by atoms with Crippen molar-refractivity contribution in [3.05, 3.63) is 22.6 Å². The van der Waals surface area contributed by atoms with E-state index in [1.54, 1.807) is 6.08 Å². The zero-order valence-corrected chi connectivity index (χ0v) is 7.00. The summed E-state index contributed by atoms with van der Waals surface area (Å²) < 4.78 is 0. The number of azide groups is 1. The number of hydrogen-bond donors (Lipinski definition) is 1. The average molecular weight is 182 g/mol. The van der Waals surface area contributed by atoms with Gasteiger partial charge >= 0.3 is 6.09 Å². The molecule has 0 aromatic rings. The summed E-state index contributed by atoms with van der Waals surface area (Å²) in [7, 11) is 0. The van der Waals surface area contributed by atoms with Crippen LogP contribution >= 0.6 is 0 Å². The minimum Gasteiger partial charge on any atom is -0.465 e. The molecule has 1 heterocycles. The highest BCUT2D eigenvalue weighted by atomic mass is 16.4. The van der Waals surface area contributed by atoms with Crippen LogP contribution in [0.25, 0.3) is 10.4 Å². The van der Waals surface area contributed by atoms with Crippen molar-refractivity contribution in [2.45, 2.75) is 12.5 Å². The van der Waals surface area contributed by atoms with Gasteiger partial charge in [-0.15, -0.1) is 0 Å². The molecule has 1 aliphatic rings. The van der Waals surface area contributed by atoms with Crippen LogP contribution in [0.2, 0.25) is 0 Å². The maximum Gasteiger partial charge on any atom is 0.408 e. The third kappa shape index (κ3) is 2.38. The van der Waals surface area contributed by atoms with E-state index in [4.69, 9.17) is 10.6 Å². The number of nitrogens with zero attached hydrogens (tertiary/aromatic N) is 4. The molecule has 0 fully saturated rings. The second-order valence-electron chi connectivity index (χ2n) is 2.67. The Morgan fingerprint density at radius 1 is 1.85 bits per heavy atom. The lowest BCUT2D eigenvalue weighted by Crippen LogP contribution is -2.35. The molecule has 6 nitrogen and oxygen atoms in total. The minimum atomic E-state index is -0.934. The fourth-order valence-corrected chi connectivity index (χ4v) is 1.28. The van der Waals surface area contributed by atoms with Crippen LogP contribution in [-0.2, 0) is 0 Å². The van der Waals surface area contributed by atoms with Gasteiger partial charge in [0, 0.05) is 18.0 Å². The third-order valence-electron chi connectivity index (χ3n) is 1.89. The summed E-state index contributed by atoms with van der Waals surface area (Å²) in [5.41, 5.74) is 8.03. The van der Waals surface area contributed by atoms with Crippen LogP contribution in [0.1, 0.15) is 6.42 Å². The van der Waals surface area contributed by atoms with Gasteiger partial charge in [-0.1, -0.05) is 17.3 Å². The Hall–Kier alpha value is -1.68. The second kappa shape index (κ2) is 4.37. The molecule has 70 valence electrons. The first kappa shape index (κ1) is 9.41. The number of carbonyl (C=O) groups is 1. The molecule has 0 aliphatic carbocycles. The van der Waals surface area contributed by atoms with Crippen molar-refractivity contribution in [1.29, 1.82) is 0 Å². The van der Waals surface area contributed by atoms with Gasteiger partial charge in [0.15, 0.2) is 0 Å². The highest BCUT2D eigenvalue weighted by molar-refractivity contribution is 5.66. The molecule has 0 bridgehead atoms. The Kier molecular flexibility index (Phi) is 3.16. The van der Waals surface area contributed by atoms with Gasteiger partial charge in [-0.05, 0) is 12.0 Å². The third-order valence-corrected chi connectivity index (χ3v) is 1.89. The monoisotopic (exact) mass is 182 g/mol. The summed E-state index contributed by atoms with van der Waals surface area (Å²) in [6.45, 7) is 0.756. The van der Waals surface area contributed by atoms with Crippen LogP contribution in [0.3, 0.4) is 0 Å². The molecule has 6 heteroatoms. The molecule has 1 rings (SSSR count). The molecule has 1 amide bonds. The Balaban J connectivity index is 2.43. The number of hydrogen-bond acceptors (Lipinski definition) is 2. The second-order valence-corrected chi connectivity index (χ2v) is 2.67. The quantitative estimate of drug-likeness (QED) is 0.311. The molecule has 0 saturated carbocycles. The van der Waals surface area contributed by atoms with Gasteiger partial charge in [0.05, 0.1) is 6.04 Å². The van der Waals surface area contributed by atoms with Crippen molar-refractivity contribution in [3.8, 4) is 0 Å². The molecule has 13 heavy (non-hydrogen) atoms. The van der Waals surface area contributed by atoms with Gasteiger partial charge < -0.3 is 5.11 Å². The van der Waals surface area contributed by atoms with Gasteiger partial charge in [0.2, 0.25) is 0 Å². The van der Waals surface area contributed by atoms with Crippen LogP contribution in [0.4, 0.5) is 4.79 Å². The maximum atomic E-state index is 10.6. The molecule has 1 atom stereocenters. The lowest BCUT2D eigenvalue weighted by Gasteiger charge is -2.20. The zero-order valence-electron chi connectivity index (χ0n) is 7.00. The van der Waals surface area contributed by atoms with Crippen LogP contribution in [0, 0.1) is 0 Å². The molecule has 0 aromatic carbocycles. The average Bonchev–Trinajstić information content (AvgIpc) is 2.53. The van der Waals surface area contributed by atoms with E-state index in [1.807, 2.05) is 6.08 Å². The van der Waals surface area contributed by atoms with Crippen LogP contribution in [0.5, 0.6) is 0 Å². The molecular weight excluding hydrogens is 172 g/mol. The molecule has 0 spiro atoms. The molecule has 0 saturated heterocycles. The van der Waals surface area contributed by atoms with Gasteiger partial charge in [0.25, 0.3) is 0 Å². The standard InChI is InChI=1S/C7H10N4O2/c8-10-9-4-3-6-2-1-5-11(6)7(12)13/h1-2,6H,3-5H2,(H,12,13). The van der Waals surface area contributed by atoms with E-state index >= 15 is 0 Å². The van der Waals surface area contributed by atoms with Crippen molar-refractivity contribution in [3.63, 3.8) is 0 Å². The Morgan fingerprint density at radius 3 is 3.23 bits per heavy atom. The lowest BCUT2D eigenvalue weighted by atomic mass is 10.2. The summed E-state index contributed by atoms with van der Waals surface area (Å²) in [5.74, 6) is 0. The van der Waals surface area contributed by atoms with E-state index < -0.39 is 6.09 Å². The Bertz CT molecular complexity index is 270.